The van der Waals surface area contributed by atoms with Crippen LogP contribution in [0, 0.1) is 34.6 Å². The van der Waals surface area contributed by atoms with E-state index in [0.717, 1.165) is 85.2 Å². The zero-order chi connectivity index (χ0) is 47.0. The van der Waals surface area contributed by atoms with E-state index in [-0.39, 0.29) is 33.3 Å². The van der Waals surface area contributed by atoms with Gasteiger partial charge < -0.3 is 25.5 Å². The second-order valence-corrected chi connectivity index (χ2v) is 22.2. The molecule has 0 aromatic heterocycles. The first kappa shape index (κ1) is 49.8. The first-order valence-electron chi connectivity index (χ1n) is 22.5. The number of hydrogen-bond acceptors (Lipinski definition) is 5. The molecule has 5 heteroatoms. The zero-order valence-corrected chi connectivity index (χ0v) is 41.4. The molecule has 0 saturated heterocycles. The highest BCUT2D eigenvalue weighted by atomic mass is 16.3. The summed E-state index contributed by atoms with van der Waals surface area (Å²) in [5.74, 6) is 1.82. The van der Waals surface area contributed by atoms with Crippen molar-refractivity contribution in [2.24, 2.45) is 0 Å². The Balaban J connectivity index is 0.000000278. The Labute approximate surface area is 374 Å². The molecule has 336 valence electrons. The molecule has 5 rings (SSSR count). The van der Waals surface area contributed by atoms with E-state index < -0.39 is 0 Å². The number of phenols is 5. The molecule has 0 spiro atoms. The van der Waals surface area contributed by atoms with E-state index in [2.05, 4.69) is 116 Å². The lowest BCUT2D eigenvalue weighted by Crippen LogP contribution is -2.16. The maximum Gasteiger partial charge on any atom is 0.122 e. The van der Waals surface area contributed by atoms with Gasteiger partial charge in [-0.25, -0.2) is 0 Å². The molecule has 0 aliphatic rings. The topological polar surface area (TPSA) is 101 Å². The SMILES string of the molecule is CCCC(c1cc(C(C)(C)C)c(O)cc1C)c1cc(C(C)(C)C)c(O)cc1C.Cc1cc(Cc2cc(C)cc(C(C)(C)C)c2O)c(O)c(Cc2cc(C)cc(C(C)(C)C)c2O)c1. The number of aryl methyl sites for hydroxylation is 5. The third-order valence-corrected chi connectivity index (χ3v) is 12.2. The smallest absolute Gasteiger partial charge is 0.122 e. The van der Waals surface area contributed by atoms with Crippen molar-refractivity contribution in [2.75, 3.05) is 0 Å². The van der Waals surface area contributed by atoms with Crippen molar-refractivity contribution in [1.29, 1.82) is 0 Å². The Morgan fingerprint density at radius 1 is 0.387 bits per heavy atom. The quantitative estimate of drug-likeness (QED) is 0.107. The maximum atomic E-state index is 11.3. The Hall–Kier alpha value is -4.90. The maximum absolute atomic E-state index is 11.3. The fourth-order valence-electron chi connectivity index (χ4n) is 8.87. The van der Waals surface area contributed by atoms with Crippen LogP contribution in [0.3, 0.4) is 0 Å². The normalized spacial score (nSPS) is 12.4. The summed E-state index contributed by atoms with van der Waals surface area (Å²) in [6, 6.07) is 20.3. The molecule has 0 atom stereocenters. The molecule has 5 N–H and O–H groups in total. The first-order valence-corrected chi connectivity index (χ1v) is 22.5. The number of rotatable bonds is 8. The van der Waals surface area contributed by atoms with E-state index in [1.54, 1.807) is 0 Å². The van der Waals surface area contributed by atoms with Gasteiger partial charge in [-0.05, 0) is 142 Å². The van der Waals surface area contributed by atoms with Crippen molar-refractivity contribution < 1.29 is 25.5 Å². The van der Waals surface area contributed by atoms with Gasteiger partial charge in [0.15, 0.2) is 0 Å². The molecule has 5 aromatic rings. The minimum atomic E-state index is -0.182. The predicted octanol–water partition coefficient (Wildman–Crippen LogP) is 14.7. The molecule has 0 bridgehead atoms. The fraction of sp³-hybridized carbons (Fsp3) is 0.474. The summed E-state index contributed by atoms with van der Waals surface area (Å²) in [5, 5.41) is 54.4. The van der Waals surface area contributed by atoms with Gasteiger partial charge in [0.2, 0.25) is 0 Å². The van der Waals surface area contributed by atoms with Gasteiger partial charge >= 0.3 is 0 Å². The summed E-state index contributed by atoms with van der Waals surface area (Å²) < 4.78 is 0. The van der Waals surface area contributed by atoms with Crippen LogP contribution < -0.4 is 0 Å². The summed E-state index contributed by atoms with van der Waals surface area (Å²) in [6.07, 6.45) is 2.97. The molecule has 62 heavy (non-hydrogen) atoms. The van der Waals surface area contributed by atoms with Crippen molar-refractivity contribution in [1.82, 2.24) is 0 Å². The highest BCUT2D eigenvalue weighted by Gasteiger charge is 2.28. The molecule has 0 fully saturated rings. The third kappa shape index (κ3) is 11.6. The molecular weight excluding hydrogens is 765 g/mol. The summed E-state index contributed by atoms with van der Waals surface area (Å²) in [6.45, 7) is 37.9. The Morgan fingerprint density at radius 3 is 0.968 bits per heavy atom. The molecule has 0 radical (unpaired) electrons. The third-order valence-electron chi connectivity index (χ3n) is 12.2. The Morgan fingerprint density at radius 2 is 0.677 bits per heavy atom. The van der Waals surface area contributed by atoms with Crippen molar-refractivity contribution >= 4 is 0 Å². The van der Waals surface area contributed by atoms with Crippen LogP contribution in [0.2, 0.25) is 0 Å². The van der Waals surface area contributed by atoms with E-state index in [1.807, 2.05) is 69.3 Å². The van der Waals surface area contributed by atoms with E-state index >= 15 is 0 Å². The van der Waals surface area contributed by atoms with Crippen molar-refractivity contribution in [3.05, 3.63) is 144 Å². The van der Waals surface area contributed by atoms with E-state index in [4.69, 9.17) is 0 Å². The van der Waals surface area contributed by atoms with Crippen molar-refractivity contribution in [2.45, 2.75) is 178 Å². The van der Waals surface area contributed by atoms with Crippen LogP contribution >= 0.6 is 0 Å². The molecule has 0 heterocycles. The zero-order valence-electron chi connectivity index (χ0n) is 41.4. The minimum absolute atomic E-state index is 0.121. The van der Waals surface area contributed by atoms with Gasteiger partial charge in [0.1, 0.15) is 28.7 Å². The second kappa shape index (κ2) is 18.4. The van der Waals surface area contributed by atoms with Gasteiger partial charge in [0.05, 0.1) is 0 Å². The van der Waals surface area contributed by atoms with Crippen LogP contribution in [0.25, 0.3) is 0 Å². The fourth-order valence-corrected chi connectivity index (χ4v) is 8.87. The number of benzene rings is 5. The number of aromatic hydroxyl groups is 5. The lowest BCUT2D eigenvalue weighted by atomic mass is 9.76. The highest BCUT2D eigenvalue weighted by Crippen LogP contribution is 2.43. The molecule has 0 amide bonds. The summed E-state index contributed by atoms with van der Waals surface area (Å²) in [4.78, 5) is 0. The van der Waals surface area contributed by atoms with Gasteiger partial charge in [-0.15, -0.1) is 0 Å². The van der Waals surface area contributed by atoms with E-state index in [9.17, 15) is 25.5 Å². The van der Waals surface area contributed by atoms with Crippen LogP contribution in [0.4, 0.5) is 0 Å². The average molecular weight is 843 g/mol. The van der Waals surface area contributed by atoms with Crippen LogP contribution in [-0.4, -0.2) is 25.5 Å². The van der Waals surface area contributed by atoms with Gasteiger partial charge in [-0.2, -0.15) is 0 Å². The Bertz CT molecular complexity index is 2240. The van der Waals surface area contributed by atoms with Crippen LogP contribution in [0.5, 0.6) is 28.7 Å². The molecule has 0 aliphatic carbocycles. The first-order chi connectivity index (χ1) is 28.3. The van der Waals surface area contributed by atoms with E-state index in [1.165, 1.54) is 11.1 Å². The number of phenolic OH excluding ortho intramolecular Hbond substituents is 5. The minimum Gasteiger partial charge on any atom is -0.508 e. The molecule has 0 aliphatic heterocycles. The molecule has 0 saturated carbocycles. The Kier molecular flexibility index (Phi) is 14.8. The van der Waals surface area contributed by atoms with Crippen LogP contribution in [0.15, 0.2) is 60.7 Å². The number of hydrogen-bond donors (Lipinski definition) is 5. The highest BCUT2D eigenvalue weighted by molar-refractivity contribution is 5.56. The van der Waals surface area contributed by atoms with Crippen molar-refractivity contribution in [3.63, 3.8) is 0 Å². The summed E-state index contributed by atoms with van der Waals surface area (Å²) >= 11 is 0. The second-order valence-electron chi connectivity index (χ2n) is 22.2. The van der Waals surface area contributed by atoms with Gasteiger partial charge in [-0.3, -0.25) is 0 Å². The van der Waals surface area contributed by atoms with Crippen LogP contribution in [0.1, 0.15) is 192 Å². The van der Waals surface area contributed by atoms with Gasteiger partial charge in [0.25, 0.3) is 0 Å². The molecule has 0 unspecified atom stereocenters. The summed E-state index contributed by atoms with van der Waals surface area (Å²) in [5.41, 5.74) is 14.4. The predicted molar refractivity (Wildman–Crippen MR) is 261 cm³/mol. The van der Waals surface area contributed by atoms with Crippen LogP contribution in [-0.2, 0) is 34.5 Å². The lowest BCUT2D eigenvalue weighted by Gasteiger charge is -2.29. The van der Waals surface area contributed by atoms with Crippen molar-refractivity contribution in [3.8, 4) is 28.7 Å². The lowest BCUT2D eigenvalue weighted by molar-refractivity contribution is 0.438. The molecule has 5 nitrogen and oxygen atoms in total. The monoisotopic (exact) mass is 843 g/mol. The van der Waals surface area contributed by atoms with Gasteiger partial charge in [-0.1, -0.05) is 162 Å². The van der Waals surface area contributed by atoms with E-state index in [0.29, 0.717) is 35.8 Å². The molecule has 5 aromatic carbocycles. The largest absolute Gasteiger partial charge is 0.508 e. The summed E-state index contributed by atoms with van der Waals surface area (Å²) in [7, 11) is 0. The van der Waals surface area contributed by atoms with Gasteiger partial charge in [0, 0.05) is 18.8 Å². The molecular formula is C57H78O5. The standard InChI is InChI=1S/C31H40O3.C26H38O2/c1-18-10-21(16-23-12-19(2)14-25(28(23)33)30(4,5)6)27(32)22(11-18)17-24-13-20(3)15-26(29(24)34)31(7,8)9;1-10-11-18(19-14-21(25(4,5)6)23(27)12-16(19)2)20-15-22(26(7,8)9)24(28)13-17(20)3/h10-15,32-34H,16-17H2,1-9H3;12-15,18,27-28H,10-11H2,1-9H3. The average Bonchev–Trinajstić information content (AvgIpc) is 3.10.